The molecule has 1 atom stereocenters. The second kappa shape index (κ2) is 9.33. The van der Waals surface area contributed by atoms with Crippen LogP contribution in [0.4, 0.5) is 5.69 Å². The lowest BCUT2D eigenvalue weighted by molar-refractivity contribution is 0.216. The summed E-state index contributed by atoms with van der Waals surface area (Å²) in [7, 11) is 3.98. The van der Waals surface area contributed by atoms with E-state index in [0.29, 0.717) is 6.04 Å². The molecular formula is C21H30N2O. The van der Waals surface area contributed by atoms with E-state index in [1.807, 2.05) is 26.0 Å². The van der Waals surface area contributed by atoms with Crippen molar-refractivity contribution in [2.45, 2.75) is 26.3 Å². The van der Waals surface area contributed by atoms with Gasteiger partial charge in [-0.1, -0.05) is 56.3 Å². The van der Waals surface area contributed by atoms with Crippen LogP contribution in [0.25, 0.3) is 0 Å². The summed E-state index contributed by atoms with van der Waals surface area (Å²) in [5.41, 5.74) is 2.61. The molecule has 24 heavy (non-hydrogen) atoms. The van der Waals surface area contributed by atoms with Crippen LogP contribution >= 0.6 is 0 Å². The molecule has 0 bridgehead atoms. The Balaban J connectivity index is 0.00000100. The van der Waals surface area contributed by atoms with Gasteiger partial charge in [0.15, 0.2) is 0 Å². The molecule has 3 heteroatoms. The third-order valence-electron chi connectivity index (χ3n) is 4.52. The van der Waals surface area contributed by atoms with Crippen LogP contribution in [0, 0.1) is 0 Å². The molecular weight excluding hydrogens is 296 g/mol. The summed E-state index contributed by atoms with van der Waals surface area (Å²) >= 11 is 0. The average molecular weight is 326 g/mol. The predicted molar refractivity (Wildman–Crippen MR) is 103 cm³/mol. The van der Waals surface area contributed by atoms with Crippen LogP contribution in [0.2, 0.25) is 0 Å². The van der Waals surface area contributed by atoms with Gasteiger partial charge in [0.25, 0.3) is 0 Å². The van der Waals surface area contributed by atoms with Gasteiger partial charge in [0, 0.05) is 25.7 Å². The van der Waals surface area contributed by atoms with Crippen LogP contribution in [0.3, 0.4) is 0 Å². The minimum Gasteiger partial charge on any atom is -0.495 e. The number of ether oxygens (including phenoxy) is 1. The average Bonchev–Trinajstić information content (AvgIpc) is 2.66. The smallest absolute Gasteiger partial charge is 0.142 e. The van der Waals surface area contributed by atoms with Crippen molar-refractivity contribution in [1.82, 2.24) is 4.90 Å². The molecule has 1 unspecified atom stereocenters. The van der Waals surface area contributed by atoms with Crippen molar-refractivity contribution in [2.24, 2.45) is 0 Å². The van der Waals surface area contributed by atoms with Gasteiger partial charge in [0.05, 0.1) is 12.8 Å². The molecule has 1 aliphatic rings. The molecule has 1 aliphatic heterocycles. The number of hydrogen-bond donors (Lipinski definition) is 0. The normalized spacial score (nSPS) is 17.8. The SMILES string of the molecule is CC.COc1ccccc1N1CCN(C)C(Cc2ccccc2)C1. The maximum atomic E-state index is 5.52. The number of para-hydroxylation sites is 2. The Bertz CT molecular complexity index is 600. The second-order valence-corrected chi connectivity index (χ2v) is 5.94. The monoisotopic (exact) mass is 326 g/mol. The van der Waals surface area contributed by atoms with Crippen molar-refractivity contribution in [1.29, 1.82) is 0 Å². The zero-order valence-electron chi connectivity index (χ0n) is 15.4. The van der Waals surface area contributed by atoms with E-state index in [4.69, 9.17) is 4.74 Å². The maximum Gasteiger partial charge on any atom is 0.142 e. The fourth-order valence-electron chi connectivity index (χ4n) is 3.16. The highest BCUT2D eigenvalue weighted by molar-refractivity contribution is 5.58. The molecule has 1 saturated heterocycles. The summed E-state index contributed by atoms with van der Waals surface area (Å²) in [5, 5.41) is 0. The van der Waals surface area contributed by atoms with Gasteiger partial charge in [-0.15, -0.1) is 0 Å². The molecule has 0 N–H and O–H groups in total. The van der Waals surface area contributed by atoms with E-state index < -0.39 is 0 Å². The lowest BCUT2D eigenvalue weighted by Gasteiger charge is -2.41. The maximum absolute atomic E-state index is 5.52. The number of piperazine rings is 1. The fourth-order valence-corrected chi connectivity index (χ4v) is 3.16. The van der Waals surface area contributed by atoms with Gasteiger partial charge in [-0.25, -0.2) is 0 Å². The molecule has 0 aliphatic carbocycles. The van der Waals surface area contributed by atoms with Crippen molar-refractivity contribution < 1.29 is 4.74 Å². The Kier molecular flexibility index (Phi) is 7.13. The summed E-state index contributed by atoms with van der Waals surface area (Å²) in [6.45, 7) is 7.16. The Morgan fingerprint density at radius 2 is 1.62 bits per heavy atom. The van der Waals surface area contributed by atoms with Crippen LogP contribution < -0.4 is 9.64 Å². The molecule has 3 rings (SSSR count). The first-order valence-electron chi connectivity index (χ1n) is 8.90. The van der Waals surface area contributed by atoms with Crippen molar-refractivity contribution >= 4 is 5.69 Å². The van der Waals surface area contributed by atoms with E-state index in [1.54, 1.807) is 7.11 Å². The first kappa shape index (κ1) is 18.3. The molecule has 0 saturated carbocycles. The fraction of sp³-hybridized carbons (Fsp3) is 0.429. The highest BCUT2D eigenvalue weighted by atomic mass is 16.5. The highest BCUT2D eigenvalue weighted by Crippen LogP contribution is 2.29. The number of nitrogens with zero attached hydrogens (tertiary/aromatic N) is 2. The predicted octanol–water partition coefficient (Wildman–Crippen LogP) is 4.08. The summed E-state index contributed by atoms with van der Waals surface area (Å²) in [6.07, 6.45) is 1.09. The van der Waals surface area contributed by atoms with E-state index in [-0.39, 0.29) is 0 Å². The van der Waals surface area contributed by atoms with Crippen molar-refractivity contribution in [3.8, 4) is 5.75 Å². The molecule has 130 valence electrons. The molecule has 0 amide bonds. The first-order valence-corrected chi connectivity index (χ1v) is 8.90. The van der Waals surface area contributed by atoms with E-state index in [1.165, 1.54) is 11.3 Å². The van der Waals surface area contributed by atoms with Gasteiger partial charge >= 0.3 is 0 Å². The standard InChI is InChI=1S/C19H24N2O.C2H6/c1-20-12-13-21(18-10-6-7-11-19(18)22-2)15-17(20)14-16-8-4-3-5-9-16;1-2/h3-11,17H,12-15H2,1-2H3;1-2H3. The number of rotatable bonds is 4. The summed E-state index contributed by atoms with van der Waals surface area (Å²) in [4.78, 5) is 4.92. The minimum atomic E-state index is 0.529. The molecule has 1 heterocycles. The molecule has 0 spiro atoms. The first-order chi connectivity index (χ1) is 11.8. The molecule has 3 nitrogen and oxygen atoms in total. The van der Waals surface area contributed by atoms with Gasteiger partial charge < -0.3 is 9.64 Å². The topological polar surface area (TPSA) is 15.7 Å². The molecule has 0 radical (unpaired) electrons. The van der Waals surface area contributed by atoms with E-state index in [0.717, 1.165) is 31.8 Å². The van der Waals surface area contributed by atoms with Crippen LogP contribution in [0.1, 0.15) is 19.4 Å². The summed E-state index contributed by atoms with van der Waals surface area (Å²) < 4.78 is 5.52. The van der Waals surface area contributed by atoms with E-state index in [9.17, 15) is 0 Å². The zero-order chi connectivity index (χ0) is 17.4. The number of methoxy groups -OCH3 is 1. The van der Waals surface area contributed by atoms with Crippen LogP contribution in [-0.4, -0.2) is 44.7 Å². The second-order valence-electron chi connectivity index (χ2n) is 5.94. The number of hydrogen-bond acceptors (Lipinski definition) is 3. The molecule has 1 fully saturated rings. The molecule has 2 aromatic carbocycles. The van der Waals surface area contributed by atoms with Gasteiger partial charge in [0.1, 0.15) is 5.75 Å². The quantitative estimate of drug-likeness (QED) is 0.842. The van der Waals surface area contributed by atoms with E-state index >= 15 is 0 Å². The van der Waals surface area contributed by atoms with E-state index in [2.05, 4.69) is 59.3 Å². The van der Waals surface area contributed by atoms with Crippen molar-refractivity contribution in [3.63, 3.8) is 0 Å². The van der Waals surface area contributed by atoms with Gasteiger partial charge in [0.2, 0.25) is 0 Å². The Morgan fingerprint density at radius 1 is 0.958 bits per heavy atom. The van der Waals surface area contributed by atoms with Crippen molar-refractivity contribution in [2.75, 3.05) is 38.7 Å². The number of anilines is 1. The van der Waals surface area contributed by atoms with Gasteiger partial charge in [-0.05, 0) is 31.2 Å². The third-order valence-corrected chi connectivity index (χ3v) is 4.52. The van der Waals surface area contributed by atoms with Crippen LogP contribution in [0.5, 0.6) is 5.75 Å². The summed E-state index contributed by atoms with van der Waals surface area (Å²) in [6, 6.07) is 19.6. The third kappa shape index (κ3) is 4.51. The largest absolute Gasteiger partial charge is 0.495 e. The molecule has 0 aromatic heterocycles. The van der Waals surface area contributed by atoms with Crippen LogP contribution in [-0.2, 0) is 6.42 Å². The van der Waals surface area contributed by atoms with Crippen LogP contribution in [0.15, 0.2) is 54.6 Å². The Hall–Kier alpha value is -2.00. The lowest BCUT2D eigenvalue weighted by Crippen LogP contribution is -2.52. The Morgan fingerprint density at radius 3 is 2.33 bits per heavy atom. The zero-order valence-corrected chi connectivity index (χ0v) is 15.4. The summed E-state index contributed by atoms with van der Waals surface area (Å²) in [5.74, 6) is 0.963. The highest BCUT2D eigenvalue weighted by Gasteiger charge is 2.25. The van der Waals surface area contributed by atoms with Gasteiger partial charge in [-0.2, -0.15) is 0 Å². The van der Waals surface area contributed by atoms with Gasteiger partial charge in [-0.3, -0.25) is 4.90 Å². The molecule has 2 aromatic rings. The number of benzene rings is 2. The number of likely N-dealkylation sites (N-methyl/N-ethyl adjacent to an activating group) is 1. The lowest BCUT2D eigenvalue weighted by atomic mass is 10.0. The minimum absolute atomic E-state index is 0.529. The van der Waals surface area contributed by atoms with Crippen molar-refractivity contribution in [3.05, 3.63) is 60.2 Å². The Labute approximate surface area is 146 Å².